The summed E-state index contributed by atoms with van der Waals surface area (Å²) in [7, 11) is 0. The fraction of sp³-hybridized carbons (Fsp3) is 0.417. The SMILES string of the molecule is Cc1nccc(CNC(C)c2scnc2C)n1. The third-order valence-electron chi connectivity index (χ3n) is 2.60. The molecular weight excluding hydrogens is 232 g/mol. The maximum atomic E-state index is 4.36. The van der Waals surface area contributed by atoms with Crippen LogP contribution in [0.1, 0.15) is 35.1 Å². The van der Waals surface area contributed by atoms with Gasteiger partial charge in [-0.1, -0.05) is 0 Å². The van der Waals surface area contributed by atoms with Gasteiger partial charge in [0.25, 0.3) is 0 Å². The average molecular weight is 248 g/mol. The van der Waals surface area contributed by atoms with Crippen LogP contribution in [0.2, 0.25) is 0 Å². The van der Waals surface area contributed by atoms with E-state index >= 15 is 0 Å². The molecule has 0 amide bonds. The molecule has 90 valence electrons. The van der Waals surface area contributed by atoms with Gasteiger partial charge in [-0.05, 0) is 26.8 Å². The molecule has 5 heteroatoms. The number of rotatable bonds is 4. The van der Waals surface area contributed by atoms with Gasteiger partial charge in [-0.15, -0.1) is 11.3 Å². The Labute approximate surface area is 105 Å². The average Bonchev–Trinajstić information content (AvgIpc) is 2.72. The van der Waals surface area contributed by atoms with E-state index in [2.05, 4.69) is 27.2 Å². The quantitative estimate of drug-likeness (QED) is 0.902. The van der Waals surface area contributed by atoms with E-state index in [9.17, 15) is 0 Å². The number of hydrogen-bond donors (Lipinski definition) is 1. The first kappa shape index (κ1) is 12.1. The van der Waals surface area contributed by atoms with Gasteiger partial charge in [0, 0.05) is 23.7 Å². The van der Waals surface area contributed by atoms with Crippen LogP contribution in [0.3, 0.4) is 0 Å². The van der Waals surface area contributed by atoms with E-state index in [1.807, 2.05) is 25.4 Å². The van der Waals surface area contributed by atoms with E-state index in [0.717, 1.165) is 23.8 Å². The molecule has 0 aliphatic heterocycles. The molecular formula is C12H16N4S. The lowest BCUT2D eigenvalue weighted by molar-refractivity contribution is 0.570. The van der Waals surface area contributed by atoms with Gasteiger partial charge in [-0.3, -0.25) is 0 Å². The lowest BCUT2D eigenvalue weighted by Crippen LogP contribution is -2.18. The van der Waals surface area contributed by atoms with Crippen molar-refractivity contribution in [2.45, 2.75) is 33.4 Å². The first-order chi connectivity index (χ1) is 8.16. The largest absolute Gasteiger partial charge is 0.304 e. The summed E-state index contributed by atoms with van der Waals surface area (Å²) in [4.78, 5) is 14.0. The Kier molecular flexibility index (Phi) is 3.81. The fourth-order valence-corrected chi connectivity index (χ4v) is 2.52. The molecule has 2 aromatic rings. The van der Waals surface area contributed by atoms with Crippen molar-refractivity contribution in [1.29, 1.82) is 0 Å². The Balaban J connectivity index is 1.97. The molecule has 2 heterocycles. The molecule has 0 saturated carbocycles. The standard InChI is InChI=1S/C12H16N4S/c1-8(12-9(2)15-7-17-12)14-6-11-4-5-13-10(3)16-11/h4-5,7-8,14H,6H2,1-3H3. The second kappa shape index (κ2) is 5.33. The Morgan fingerprint density at radius 2 is 2.18 bits per heavy atom. The lowest BCUT2D eigenvalue weighted by Gasteiger charge is -2.12. The first-order valence-electron chi connectivity index (χ1n) is 5.58. The molecule has 0 aliphatic carbocycles. The van der Waals surface area contributed by atoms with Crippen molar-refractivity contribution in [3.8, 4) is 0 Å². The molecule has 1 unspecified atom stereocenters. The molecule has 0 aliphatic rings. The maximum absolute atomic E-state index is 4.36. The van der Waals surface area contributed by atoms with Crippen LogP contribution in [-0.2, 0) is 6.54 Å². The van der Waals surface area contributed by atoms with Crippen molar-refractivity contribution in [3.63, 3.8) is 0 Å². The van der Waals surface area contributed by atoms with Gasteiger partial charge in [0.15, 0.2) is 0 Å². The summed E-state index contributed by atoms with van der Waals surface area (Å²) in [6.45, 7) is 6.84. The monoisotopic (exact) mass is 248 g/mol. The molecule has 0 saturated heterocycles. The molecule has 2 rings (SSSR count). The zero-order valence-electron chi connectivity index (χ0n) is 10.3. The zero-order valence-corrected chi connectivity index (χ0v) is 11.1. The van der Waals surface area contributed by atoms with Gasteiger partial charge in [0.1, 0.15) is 5.82 Å². The first-order valence-corrected chi connectivity index (χ1v) is 6.46. The third kappa shape index (κ3) is 3.08. The van der Waals surface area contributed by atoms with Crippen LogP contribution in [0.5, 0.6) is 0 Å². The topological polar surface area (TPSA) is 50.7 Å². The summed E-state index contributed by atoms with van der Waals surface area (Å²) < 4.78 is 0. The summed E-state index contributed by atoms with van der Waals surface area (Å²) in [6, 6.07) is 2.24. The van der Waals surface area contributed by atoms with Gasteiger partial charge in [-0.2, -0.15) is 0 Å². The zero-order chi connectivity index (χ0) is 12.3. The Morgan fingerprint density at radius 1 is 1.35 bits per heavy atom. The normalized spacial score (nSPS) is 12.6. The van der Waals surface area contributed by atoms with E-state index < -0.39 is 0 Å². The summed E-state index contributed by atoms with van der Waals surface area (Å²) in [5, 5.41) is 3.45. The predicted molar refractivity (Wildman–Crippen MR) is 68.9 cm³/mol. The minimum absolute atomic E-state index is 0.303. The minimum atomic E-state index is 0.303. The van der Waals surface area contributed by atoms with Crippen molar-refractivity contribution in [2.24, 2.45) is 0 Å². The van der Waals surface area contributed by atoms with E-state index in [0.29, 0.717) is 6.04 Å². The maximum Gasteiger partial charge on any atom is 0.125 e. The molecule has 1 N–H and O–H groups in total. The molecule has 2 aromatic heterocycles. The van der Waals surface area contributed by atoms with Crippen molar-refractivity contribution in [2.75, 3.05) is 0 Å². The molecule has 0 radical (unpaired) electrons. The minimum Gasteiger partial charge on any atom is -0.304 e. The molecule has 17 heavy (non-hydrogen) atoms. The van der Waals surface area contributed by atoms with Gasteiger partial charge in [0.2, 0.25) is 0 Å². The van der Waals surface area contributed by atoms with Gasteiger partial charge >= 0.3 is 0 Å². The van der Waals surface area contributed by atoms with Crippen LogP contribution in [0.15, 0.2) is 17.8 Å². The van der Waals surface area contributed by atoms with E-state index in [1.165, 1.54) is 4.88 Å². The van der Waals surface area contributed by atoms with Gasteiger partial charge in [-0.25, -0.2) is 15.0 Å². The molecule has 0 fully saturated rings. The summed E-state index contributed by atoms with van der Waals surface area (Å²) in [6.07, 6.45) is 1.79. The number of aryl methyl sites for hydroxylation is 2. The van der Waals surface area contributed by atoms with Crippen LogP contribution in [0.4, 0.5) is 0 Å². The second-order valence-corrected chi connectivity index (χ2v) is 4.89. The number of hydrogen-bond acceptors (Lipinski definition) is 5. The molecule has 1 atom stereocenters. The van der Waals surface area contributed by atoms with Crippen LogP contribution < -0.4 is 5.32 Å². The fourth-order valence-electron chi connectivity index (χ4n) is 1.68. The van der Waals surface area contributed by atoms with Gasteiger partial charge < -0.3 is 5.32 Å². The van der Waals surface area contributed by atoms with Crippen LogP contribution >= 0.6 is 11.3 Å². The Bertz CT molecular complexity index is 495. The van der Waals surface area contributed by atoms with E-state index in [4.69, 9.17) is 0 Å². The van der Waals surface area contributed by atoms with Crippen molar-refractivity contribution in [1.82, 2.24) is 20.3 Å². The number of nitrogens with zero attached hydrogens (tertiary/aromatic N) is 3. The summed E-state index contributed by atoms with van der Waals surface area (Å²) in [5.74, 6) is 0.811. The molecule has 4 nitrogen and oxygen atoms in total. The van der Waals surface area contributed by atoms with Crippen LogP contribution in [-0.4, -0.2) is 15.0 Å². The van der Waals surface area contributed by atoms with Crippen LogP contribution in [0.25, 0.3) is 0 Å². The number of aromatic nitrogens is 3. The molecule has 0 bridgehead atoms. The van der Waals surface area contributed by atoms with Crippen molar-refractivity contribution >= 4 is 11.3 Å². The van der Waals surface area contributed by atoms with Crippen molar-refractivity contribution < 1.29 is 0 Å². The lowest BCUT2D eigenvalue weighted by atomic mass is 10.2. The second-order valence-electron chi connectivity index (χ2n) is 4.00. The Morgan fingerprint density at radius 3 is 2.82 bits per heavy atom. The van der Waals surface area contributed by atoms with Crippen molar-refractivity contribution in [3.05, 3.63) is 39.9 Å². The highest BCUT2D eigenvalue weighted by Gasteiger charge is 2.10. The van der Waals surface area contributed by atoms with E-state index in [1.54, 1.807) is 17.5 Å². The smallest absolute Gasteiger partial charge is 0.125 e. The third-order valence-corrected chi connectivity index (χ3v) is 3.71. The number of thiazole rings is 1. The summed E-state index contributed by atoms with van der Waals surface area (Å²) in [5.41, 5.74) is 4.01. The summed E-state index contributed by atoms with van der Waals surface area (Å²) >= 11 is 1.69. The number of nitrogens with one attached hydrogen (secondary N) is 1. The van der Waals surface area contributed by atoms with Gasteiger partial charge in [0.05, 0.1) is 16.9 Å². The molecule has 0 spiro atoms. The highest BCUT2D eigenvalue weighted by Crippen LogP contribution is 2.21. The van der Waals surface area contributed by atoms with E-state index in [-0.39, 0.29) is 0 Å². The Hall–Kier alpha value is -1.33. The van der Waals surface area contributed by atoms with Crippen LogP contribution in [0, 0.1) is 13.8 Å². The highest BCUT2D eigenvalue weighted by molar-refractivity contribution is 7.09. The predicted octanol–water partition coefficient (Wildman–Crippen LogP) is 2.40. The molecule has 0 aromatic carbocycles. The highest BCUT2D eigenvalue weighted by atomic mass is 32.1.